The van der Waals surface area contributed by atoms with Crippen LogP contribution in [0.15, 0.2) is 30.5 Å². The van der Waals surface area contributed by atoms with Crippen molar-refractivity contribution in [2.24, 2.45) is 5.90 Å². The molecule has 1 heterocycles. The van der Waals surface area contributed by atoms with E-state index in [-0.39, 0.29) is 30.3 Å². The highest BCUT2D eigenvalue weighted by atomic mass is 16.8. The molecule has 2 rings (SSSR count). The lowest BCUT2D eigenvalue weighted by molar-refractivity contribution is -0.509. The molecular formula is C16H23N3O8. The SMILES string of the molecule is NOCCCC(=O)n1cc(CCN(C(O)(O)O)C(O)(O)O)c2ccccc21. The van der Waals surface area contributed by atoms with Gasteiger partial charge in [0, 0.05) is 24.5 Å². The number of nitrogens with zero attached hydrogens (tertiary/aromatic N) is 2. The molecule has 1 aromatic carbocycles. The summed E-state index contributed by atoms with van der Waals surface area (Å²) in [6.07, 6.45) is -5.27. The van der Waals surface area contributed by atoms with Crippen LogP contribution in [0.1, 0.15) is 23.2 Å². The monoisotopic (exact) mass is 385 g/mol. The number of benzene rings is 1. The maximum Gasteiger partial charge on any atom is 0.352 e. The zero-order valence-corrected chi connectivity index (χ0v) is 14.4. The molecular weight excluding hydrogens is 362 g/mol. The van der Waals surface area contributed by atoms with Crippen LogP contribution in [-0.4, -0.2) is 71.4 Å². The third-order valence-corrected chi connectivity index (χ3v) is 4.05. The standard InChI is InChI=1S/C16H23N3O8/c17-27-9-3-6-14(20)18-10-11(12-4-1-2-5-13(12)18)7-8-19(15(21,22)23)16(24,25)26/h1-2,4-5,10,21-26H,3,6-9,17H2. The first-order chi connectivity index (χ1) is 12.6. The Kier molecular flexibility index (Phi) is 6.64. The van der Waals surface area contributed by atoms with E-state index in [1.54, 1.807) is 24.3 Å². The van der Waals surface area contributed by atoms with E-state index in [0.29, 0.717) is 22.9 Å². The molecule has 150 valence electrons. The average Bonchev–Trinajstić information content (AvgIpc) is 2.92. The fraction of sp³-hybridized carbons (Fsp3) is 0.438. The van der Waals surface area contributed by atoms with E-state index in [1.165, 1.54) is 10.8 Å². The fourth-order valence-electron chi connectivity index (χ4n) is 2.82. The van der Waals surface area contributed by atoms with Gasteiger partial charge in [-0.1, -0.05) is 18.2 Å². The van der Waals surface area contributed by atoms with Crippen molar-refractivity contribution in [1.82, 2.24) is 9.47 Å². The van der Waals surface area contributed by atoms with E-state index in [0.717, 1.165) is 0 Å². The van der Waals surface area contributed by atoms with Gasteiger partial charge in [0.1, 0.15) is 0 Å². The molecule has 0 spiro atoms. The molecule has 27 heavy (non-hydrogen) atoms. The van der Waals surface area contributed by atoms with Gasteiger partial charge in [-0.2, -0.15) is 0 Å². The molecule has 2 aromatic rings. The van der Waals surface area contributed by atoms with Crippen molar-refractivity contribution in [1.29, 1.82) is 0 Å². The maximum atomic E-state index is 12.4. The predicted octanol–water partition coefficient (Wildman–Crippen LogP) is -2.03. The topological polar surface area (TPSA) is 182 Å². The molecule has 0 fully saturated rings. The van der Waals surface area contributed by atoms with Gasteiger partial charge in [0.15, 0.2) is 0 Å². The Morgan fingerprint density at radius 1 is 1.11 bits per heavy atom. The molecule has 0 amide bonds. The van der Waals surface area contributed by atoms with Gasteiger partial charge in [-0.25, -0.2) is 5.90 Å². The minimum absolute atomic E-state index is 0.0560. The lowest BCUT2D eigenvalue weighted by atomic mass is 10.1. The van der Waals surface area contributed by atoms with Gasteiger partial charge in [-0.05, 0) is 24.5 Å². The summed E-state index contributed by atoms with van der Waals surface area (Å²) in [5.41, 5.74) is 1.15. The second-order valence-corrected chi connectivity index (χ2v) is 6.01. The number of aliphatic hydroxyl groups is 6. The number of hydrogen-bond donors (Lipinski definition) is 7. The predicted molar refractivity (Wildman–Crippen MR) is 91.1 cm³/mol. The summed E-state index contributed by atoms with van der Waals surface area (Å²) < 4.78 is 1.42. The Balaban J connectivity index is 2.27. The van der Waals surface area contributed by atoms with Crippen LogP contribution in [0.2, 0.25) is 0 Å². The molecule has 1 aromatic heterocycles. The first kappa shape index (κ1) is 21.4. The van der Waals surface area contributed by atoms with Gasteiger partial charge < -0.3 is 35.5 Å². The Morgan fingerprint density at radius 3 is 2.33 bits per heavy atom. The van der Waals surface area contributed by atoms with Gasteiger partial charge in [0.05, 0.1) is 12.1 Å². The zero-order chi connectivity index (χ0) is 20.2. The molecule has 11 heteroatoms. The number of nitrogens with two attached hydrogens (primary N) is 1. The highest BCUT2D eigenvalue weighted by Crippen LogP contribution is 2.24. The highest BCUT2D eigenvalue weighted by molar-refractivity contribution is 5.94. The number of carbonyl (C=O) groups excluding carboxylic acids is 1. The second kappa shape index (κ2) is 8.39. The molecule has 11 nitrogen and oxygen atoms in total. The highest BCUT2D eigenvalue weighted by Gasteiger charge is 2.43. The number of aromatic nitrogens is 1. The fourth-order valence-corrected chi connectivity index (χ4v) is 2.82. The summed E-state index contributed by atoms with van der Waals surface area (Å²) in [5.74, 6) is 4.73. The van der Waals surface area contributed by atoms with E-state index in [2.05, 4.69) is 4.84 Å². The van der Waals surface area contributed by atoms with Crippen molar-refractivity contribution in [3.05, 3.63) is 36.0 Å². The molecule has 0 aliphatic carbocycles. The van der Waals surface area contributed by atoms with Gasteiger partial charge in [0.2, 0.25) is 5.91 Å². The van der Waals surface area contributed by atoms with Crippen LogP contribution in [0.25, 0.3) is 10.9 Å². The van der Waals surface area contributed by atoms with Gasteiger partial charge in [-0.15, -0.1) is 4.90 Å². The van der Waals surface area contributed by atoms with Crippen LogP contribution in [0, 0.1) is 0 Å². The molecule has 0 saturated carbocycles. The van der Waals surface area contributed by atoms with E-state index in [9.17, 15) is 35.4 Å². The number of rotatable bonds is 9. The molecule has 0 bridgehead atoms. The Labute approximate surface area is 154 Å². The number of carbonyl (C=O) groups is 1. The van der Waals surface area contributed by atoms with Crippen molar-refractivity contribution in [3.63, 3.8) is 0 Å². The summed E-state index contributed by atoms with van der Waals surface area (Å²) in [6.45, 7) is -0.333. The van der Waals surface area contributed by atoms with Crippen LogP contribution in [0.5, 0.6) is 0 Å². The van der Waals surface area contributed by atoms with Crippen LogP contribution < -0.4 is 5.90 Å². The maximum absolute atomic E-state index is 12.4. The lowest BCUT2D eigenvalue weighted by Gasteiger charge is -2.35. The van der Waals surface area contributed by atoms with Crippen molar-refractivity contribution in [2.75, 3.05) is 13.2 Å². The first-order valence-corrected chi connectivity index (χ1v) is 8.11. The van der Waals surface area contributed by atoms with Crippen molar-refractivity contribution in [2.45, 2.75) is 31.5 Å². The Hall–Kier alpha value is -1.93. The molecule has 0 unspecified atom stereocenters. The van der Waals surface area contributed by atoms with Crippen LogP contribution >= 0.6 is 0 Å². The Morgan fingerprint density at radius 2 is 1.74 bits per heavy atom. The number of hydrogen-bond acceptors (Lipinski definition) is 10. The zero-order valence-electron chi connectivity index (χ0n) is 14.4. The largest absolute Gasteiger partial charge is 0.352 e. The van der Waals surface area contributed by atoms with E-state index in [4.69, 9.17) is 5.90 Å². The molecule has 8 N–H and O–H groups in total. The molecule has 0 saturated heterocycles. The smallest absolute Gasteiger partial charge is 0.330 e. The second-order valence-electron chi connectivity index (χ2n) is 6.01. The van der Waals surface area contributed by atoms with Crippen molar-refractivity contribution >= 4 is 16.8 Å². The van der Waals surface area contributed by atoms with Crippen LogP contribution in [0.4, 0.5) is 0 Å². The van der Waals surface area contributed by atoms with Gasteiger partial charge in [-0.3, -0.25) is 9.36 Å². The number of para-hydroxylation sites is 1. The Bertz CT molecular complexity index is 764. The minimum Gasteiger partial charge on any atom is -0.330 e. The number of fused-ring (bicyclic) bond motifs is 1. The van der Waals surface area contributed by atoms with Gasteiger partial charge in [0.25, 0.3) is 0 Å². The normalized spacial score (nSPS) is 12.9. The quantitative estimate of drug-likeness (QED) is 0.144. The summed E-state index contributed by atoms with van der Waals surface area (Å²) >= 11 is 0. The van der Waals surface area contributed by atoms with Crippen molar-refractivity contribution < 1.29 is 40.3 Å². The summed E-state index contributed by atoms with van der Waals surface area (Å²) in [4.78, 5) is 16.7. The molecule has 0 radical (unpaired) electrons. The average molecular weight is 385 g/mol. The molecule has 0 atom stereocenters. The lowest BCUT2D eigenvalue weighted by Crippen LogP contribution is -2.61. The van der Waals surface area contributed by atoms with Gasteiger partial charge >= 0.3 is 12.2 Å². The van der Waals surface area contributed by atoms with Crippen LogP contribution in [-0.2, 0) is 11.3 Å². The molecule has 0 aliphatic rings. The summed E-state index contributed by atoms with van der Waals surface area (Å²) in [5, 5.41) is 55.8. The van der Waals surface area contributed by atoms with Crippen LogP contribution in [0.3, 0.4) is 0 Å². The van der Waals surface area contributed by atoms with Crippen molar-refractivity contribution in [3.8, 4) is 0 Å². The third-order valence-electron chi connectivity index (χ3n) is 4.05. The van der Waals surface area contributed by atoms with E-state index in [1.807, 2.05) is 0 Å². The molecule has 0 aliphatic heterocycles. The summed E-state index contributed by atoms with van der Waals surface area (Å²) in [6, 6.07) is 6.93. The first-order valence-electron chi connectivity index (χ1n) is 8.11. The van der Waals surface area contributed by atoms with E-state index < -0.39 is 18.7 Å². The minimum atomic E-state index is -3.67. The van der Waals surface area contributed by atoms with E-state index >= 15 is 0 Å². The summed E-state index contributed by atoms with van der Waals surface area (Å²) in [7, 11) is 0. The third kappa shape index (κ3) is 5.29.